The molecule has 7 heteroatoms. The van der Waals surface area contributed by atoms with E-state index >= 15 is 0 Å². The topological polar surface area (TPSA) is 64.7 Å². The molecule has 1 fully saturated rings. The van der Waals surface area contributed by atoms with Crippen molar-refractivity contribution in [2.24, 2.45) is 0 Å². The van der Waals surface area contributed by atoms with Crippen LogP contribution in [-0.2, 0) is 4.79 Å². The molecule has 1 aromatic carbocycles. The molecule has 0 bridgehead atoms. The molecule has 2 N–H and O–H groups in total. The Bertz CT molecular complexity index is 515. The highest BCUT2D eigenvalue weighted by Gasteiger charge is 2.20. The highest BCUT2D eigenvalue weighted by molar-refractivity contribution is 6.33. The Balaban J connectivity index is 1.82. The Morgan fingerprint density at radius 3 is 2.48 bits per heavy atom. The number of carbonyl (C=O) groups excluding carboxylic acids is 2. The lowest BCUT2D eigenvalue weighted by atomic mass is 10.2. The van der Waals surface area contributed by atoms with Gasteiger partial charge in [0.2, 0.25) is 5.91 Å². The molecule has 0 radical (unpaired) electrons. The fourth-order valence-corrected chi connectivity index (χ4v) is 2.54. The minimum atomic E-state index is -0.477. The van der Waals surface area contributed by atoms with E-state index in [0.29, 0.717) is 0 Å². The molecule has 0 saturated carbocycles. The molecule has 0 atom stereocenters. The minimum absolute atomic E-state index is 0.226. The van der Waals surface area contributed by atoms with E-state index in [1.807, 2.05) is 29.2 Å². The van der Waals surface area contributed by atoms with Crippen molar-refractivity contribution in [3.8, 4) is 0 Å². The summed E-state index contributed by atoms with van der Waals surface area (Å²) in [6, 6.07) is 7.26. The van der Waals surface area contributed by atoms with Crippen LogP contribution in [0.5, 0.6) is 0 Å². The number of piperazine rings is 1. The van der Waals surface area contributed by atoms with Crippen LogP contribution < -0.4 is 15.5 Å². The fraction of sp³-hybridized carbons (Fsp3) is 0.429. The van der Waals surface area contributed by atoms with E-state index < -0.39 is 6.03 Å². The highest BCUT2D eigenvalue weighted by Crippen LogP contribution is 2.25. The molecular weight excluding hydrogens is 292 g/mol. The van der Waals surface area contributed by atoms with E-state index in [0.717, 1.165) is 36.9 Å². The lowest BCUT2D eigenvalue weighted by Gasteiger charge is -2.36. The first kappa shape index (κ1) is 15.6. The molecule has 0 aromatic heterocycles. The van der Waals surface area contributed by atoms with Gasteiger partial charge in [0.25, 0.3) is 0 Å². The molecular formula is C14H19ClN4O2. The Labute approximate surface area is 129 Å². The number of amides is 3. The molecule has 1 saturated heterocycles. The van der Waals surface area contributed by atoms with Crippen LogP contribution in [0.1, 0.15) is 0 Å². The van der Waals surface area contributed by atoms with Gasteiger partial charge in [-0.05, 0) is 12.1 Å². The molecule has 1 aliphatic heterocycles. The number of hydrogen-bond acceptors (Lipinski definition) is 4. The van der Waals surface area contributed by atoms with Crippen molar-refractivity contribution in [2.75, 3.05) is 44.7 Å². The Kier molecular flexibility index (Phi) is 5.41. The van der Waals surface area contributed by atoms with Crippen molar-refractivity contribution >= 4 is 29.2 Å². The van der Waals surface area contributed by atoms with Crippen LogP contribution in [0, 0.1) is 0 Å². The molecule has 0 spiro atoms. The van der Waals surface area contributed by atoms with Crippen molar-refractivity contribution in [1.29, 1.82) is 0 Å². The molecule has 6 nitrogen and oxygen atoms in total. The highest BCUT2D eigenvalue weighted by atomic mass is 35.5. The predicted molar refractivity (Wildman–Crippen MR) is 82.7 cm³/mol. The standard InChI is InChI=1S/C14H19ClN4O2/c1-16-14(21)17-13(20)10-18-6-8-19(9-7-18)12-5-3-2-4-11(12)15/h2-5H,6-10H2,1H3,(H2,16,17,20,21). The third kappa shape index (κ3) is 4.34. The first-order chi connectivity index (χ1) is 10.1. The maximum atomic E-state index is 11.6. The zero-order chi connectivity index (χ0) is 15.2. The summed E-state index contributed by atoms with van der Waals surface area (Å²) in [7, 11) is 1.48. The van der Waals surface area contributed by atoms with Gasteiger partial charge >= 0.3 is 6.03 Å². The van der Waals surface area contributed by atoms with Crippen molar-refractivity contribution < 1.29 is 9.59 Å². The summed E-state index contributed by atoms with van der Waals surface area (Å²) in [6.45, 7) is 3.34. The number of anilines is 1. The van der Waals surface area contributed by atoms with Gasteiger partial charge in [-0.25, -0.2) is 4.79 Å². The average molecular weight is 311 g/mol. The summed E-state index contributed by atoms with van der Waals surface area (Å²) in [5.41, 5.74) is 1.02. The normalized spacial score (nSPS) is 15.6. The number of carbonyl (C=O) groups is 2. The summed E-state index contributed by atoms with van der Waals surface area (Å²) in [5, 5.41) is 5.36. The van der Waals surface area contributed by atoms with E-state index in [2.05, 4.69) is 15.5 Å². The smallest absolute Gasteiger partial charge is 0.321 e. The molecule has 21 heavy (non-hydrogen) atoms. The van der Waals surface area contributed by atoms with Gasteiger partial charge in [0, 0.05) is 33.2 Å². The number of nitrogens with zero attached hydrogens (tertiary/aromatic N) is 2. The minimum Gasteiger partial charge on any atom is -0.368 e. The third-order valence-corrected chi connectivity index (χ3v) is 3.73. The van der Waals surface area contributed by atoms with Gasteiger partial charge in [-0.3, -0.25) is 15.0 Å². The van der Waals surface area contributed by atoms with Crippen LogP contribution >= 0.6 is 11.6 Å². The zero-order valence-corrected chi connectivity index (χ0v) is 12.7. The van der Waals surface area contributed by atoms with E-state index in [1.165, 1.54) is 7.05 Å². The quantitative estimate of drug-likeness (QED) is 0.871. The van der Waals surface area contributed by atoms with E-state index in [4.69, 9.17) is 11.6 Å². The summed E-state index contributed by atoms with van der Waals surface area (Å²) >= 11 is 6.19. The molecule has 114 valence electrons. The number of para-hydroxylation sites is 1. The van der Waals surface area contributed by atoms with Crippen LogP contribution in [0.25, 0.3) is 0 Å². The lowest BCUT2D eigenvalue weighted by molar-refractivity contribution is -0.121. The largest absolute Gasteiger partial charge is 0.368 e. The van der Waals surface area contributed by atoms with Crippen LogP contribution in [0.15, 0.2) is 24.3 Å². The van der Waals surface area contributed by atoms with Crippen LogP contribution in [0.3, 0.4) is 0 Å². The number of benzene rings is 1. The van der Waals surface area contributed by atoms with Gasteiger partial charge in [0.15, 0.2) is 0 Å². The Hall–Kier alpha value is -1.79. The van der Waals surface area contributed by atoms with Gasteiger partial charge in [0.1, 0.15) is 0 Å². The lowest BCUT2D eigenvalue weighted by Crippen LogP contribution is -2.50. The molecule has 1 heterocycles. The van der Waals surface area contributed by atoms with Crippen LogP contribution in [0.2, 0.25) is 5.02 Å². The molecule has 0 unspecified atom stereocenters. The molecule has 1 aliphatic rings. The fourth-order valence-electron chi connectivity index (χ4n) is 2.29. The summed E-state index contributed by atoms with van der Waals surface area (Å²) in [4.78, 5) is 26.9. The maximum absolute atomic E-state index is 11.6. The first-order valence-corrected chi connectivity index (χ1v) is 7.21. The summed E-state index contributed by atoms with van der Waals surface area (Å²) in [6.07, 6.45) is 0. The van der Waals surface area contributed by atoms with Gasteiger partial charge in [0.05, 0.1) is 17.3 Å². The molecule has 3 amide bonds. The Morgan fingerprint density at radius 2 is 1.86 bits per heavy atom. The van der Waals surface area contributed by atoms with Crippen molar-refractivity contribution in [3.05, 3.63) is 29.3 Å². The number of nitrogens with one attached hydrogen (secondary N) is 2. The van der Waals surface area contributed by atoms with E-state index in [-0.39, 0.29) is 12.5 Å². The number of imide groups is 1. The molecule has 0 aliphatic carbocycles. The second kappa shape index (κ2) is 7.28. The number of halogens is 1. The summed E-state index contributed by atoms with van der Waals surface area (Å²) < 4.78 is 0. The van der Waals surface area contributed by atoms with E-state index in [9.17, 15) is 9.59 Å². The van der Waals surface area contributed by atoms with Crippen LogP contribution in [-0.4, -0.2) is 56.6 Å². The van der Waals surface area contributed by atoms with Gasteiger partial charge in [-0.2, -0.15) is 0 Å². The first-order valence-electron chi connectivity index (χ1n) is 6.83. The van der Waals surface area contributed by atoms with Crippen molar-refractivity contribution in [1.82, 2.24) is 15.5 Å². The number of urea groups is 1. The van der Waals surface area contributed by atoms with E-state index in [1.54, 1.807) is 0 Å². The molecule has 2 rings (SSSR count). The van der Waals surface area contributed by atoms with Gasteiger partial charge in [-0.1, -0.05) is 23.7 Å². The number of hydrogen-bond donors (Lipinski definition) is 2. The average Bonchev–Trinajstić information content (AvgIpc) is 2.48. The number of rotatable bonds is 3. The van der Waals surface area contributed by atoms with Crippen molar-refractivity contribution in [3.63, 3.8) is 0 Å². The molecule has 1 aromatic rings. The Morgan fingerprint density at radius 1 is 1.19 bits per heavy atom. The second-order valence-corrected chi connectivity index (χ2v) is 5.25. The van der Waals surface area contributed by atoms with Crippen molar-refractivity contribution in [2.45, 2.75) is 0 Å². The zero-order valence-electron chi connectivity index (χ0n) is 11.9. The SMILES string of the molecule is CNC(=O)NC(=O)CN1CCN(c2ccccc2Cl)CC1. The van der Waals surface area contributed by atoms with Gasteiger partial charge < -0.3 is 10.2 Å². The van der Waals surface area contributed by atoms with Gasteiger partial charge in [-0.15, -0.1) is 0 Å². The maximum Gasteiger partial charge on any atom is 0.321 e. The second-order valence-electron chi connectivity index (χ2n) is 4.84. The van der Waals surface area contributed by atoms with Crippen LogP contribution in [0.4, 0.5) is 10.5 Å². The monoisotopic (exact) mass is 310 g/mol. The summed E-state index contributed by atoms with van der Waals surface area (Å²) in [5.74, 6) is -0.291. The predicted octanol–water partition coefficient (Wildman–Crippen LogP) is 0.918. The third-order valence-electron chi connectivity index (χ3n) is 3.41.